The maximum Gasteiger partial charge on any atom is 0.258 e. The molecule has 5 aliphatic heterocycles. The summed E-state index contributed by atoms with van der Waals surface area (Å²) < 4.78 is 17.7. The number of nitrogens with zero attached hydrogens (tertiary/aromatic N) is 2. The molecule has 10 heteroatoms. The molecule has 2 N–H and O–H groups in total. The largest absolute Gasteiger partial charge is 0.493 e. The Bertz CT molecular complexity index is 1670. The Labute approximate surface area is 255 Å². The highest BCUT2D eigenvalue weighted by Crippen LogP contribution is 2.29. The van der Waals surface area contributed by atoms with Crippen molar-refractivity contribution in [2.45, 2.75) is 38.0 Å². The summed E-state index contributed by atoms with van der Waals surface area (Å²) in [5.41, 5.74) is 3.17. The summed E-state index contributed by atoms with van der Waals surface area (Å²) in [5.74, 6) is 0.968. The summed E-state index contributed by atoms with van der Waals surface area (Å²) in [6, 6.07) is 21.9. The van der Waals surface area contributed by atoms with Gasteiger partial charge in [-0.15, -0.1) is 0 Å². The van der Waals surface area contributed by atoms with Gasteiger partial charge in [0.25, 0.3) is 11.8 Å². The molecule has 3 amide bonds. The number of nitrogens with one attached hydrogen (secondary N) is 2. The lowest BCUT2D eigenvalue weighted by Gasteiger charge is -2.38. The zero-order chi connectivity index (χ0) is 30.5. The fraction of sp³-hybridized carbons (Fsp3) is 0.294. The number of fused-ring (bicyclic) bond motifs is 1. The Morgan fingerprint density at radius 3 is 2.64 bits per heavy atom. The highest BCUT2D eigenvalue weighted by Gasteiger charge is 2.35. The van der Waals surface area contributed by atoms with Gasteiger partial charge in [0.15, 0.2) is 18.1 Å². The number of methoxy groups -OCH3 is 1. The molecule has 2 atom stereocenters. The van der Waals surface area contributed by atoms with E-state index in [0.717, 1.165) is 22.0 Å². The lowest BCUT2D eigenvalue weighted by atomic mass is 10.0. The van der Waals surface area contributed by atoms with Crippen LogP contribution in [-0.2, 0) is 22.6 Å². The van der Waals surface area contributed by atoms with Crippen LogP contribution in [0, 0.1) is 0 Å². The minimum atomic E-state index is -0.494. The maximum atomic E-state index is 13.6. The normalized spacial score (nSPS) is 19.2. The number of hydrogen-bond donors (Lipinski definition) is 2. The number of carbonyl (C=O) groups excluding carboxylic acids is 3. The second-order valence-corrected chi connectivity index (χ2v) is 11.0. The molecule has 0 unspecified atom stereocenters. The molecule has 226 valence electrons. The van der Waals surface area contributed by atoms with Crippen LogP contribution in [0.5, 0.6) is 17.2 Å². The number of hydrogen-bond acceptors (Lipinski definition) is 7. The molecule has 44 heavy (non-hydrogen) atoms. The van der Waals surface area contributed by atoms with E-state index in [1.54, 1.807) is 17.2 Å². The second-order valence-electron chi connectivity index (χ2n) is 11.0. The topological polar surface area (TPSA) is 119 Å². The van der Waals surface area contributed by atoms with Crippen molar-refractivity contribution in [3.8, 4) is 17.2 Å². The zero-order valence-electron chi connectivity index (χ0n) is 24.5. The summed E-state index contributed by atoms with van der Waals surface area (Å²) in [5, 5.41) is 6.89. The molecule has 5 aliphatic rings. The summed E-state index contributed by atoms with van der Waals surface area (Å²) in [7, 11) is 1.53. The van der Waals surface area contributed by atoms with E-state index < -0.39 is 6.04 Å². The van der Waals surface area contributed by atoms with E-state index in [4.69, 9.17) is 14.2 Å². The molecular weight excluding hydrogens is 560 g/mol. The first kappa shape index (κ1) is 29.0. The Morgan fingerprint density at radius 1 is 0.977 bits per heavy atom. The second kappa shape index (κ2) is 13.0. The fourth-order valence-corrected chi connectivity index (χ4v) is 5.55. The molecule has 3 aromatic carbocycles. The Kier molecular flexibility index (Phi) is 8.58. The van der Waals surface area contributed by atoms with Gasteiger partial charge in [0.1, 0.15) is 11.9 Å². The lowest BCUT2D eigenvalue weighted by molar-refractivity contribution is -0.125. The summed E-state index contributed by atoms with van der Waals surface area (Å²) in [6.45, 7) is 0.855. The lowest BCUT2D eigenvalue weighted by Crippen LogP contribution is -2.58. The van der Waals surface area contributed by atoms with E-state index >= 15 is 0 Å². The van der Waals surface area contributed by atoms with Crippen molar-refractivity contribution in [2.75, 3.05) is 26.8 Å². The van der Waals surface area contributed by atoms with E-state index in [-0.39, 0.29) is 37.0 Å². The molecule has 10 nitrogen and oxygen atoms in total. The Balaban J connectivity index is 1.23. The van der Waals surface area contributed by atoms with E-state index in [9.17, 15) is 14.4 Å². The van der Waals surface area contributed by atoms with Crippen LogP contribution in [0.15, 0.2) is 79.0 Å². The molecule has 9 rings (SSSR count). The summed E-state index contributed by atoms with van der Waals surface area (Å²) in [4.78, 5) is 45.4. The van der Waals surface area contributed by atoms with Crippen molar-refractivity contribution in [3.63, 3.8) is 0 Å². The number of ether oxygens (including phenoxy) is 3. The molecule has 1 saturated heterocycles. The molecule has 0 saturated carbocycles. The van der Waals surface area contributed by atoms with Gasteiger partial charge in [0, 0.05) is 44.1 Å². The summed E-state index contributed by atoms with van der Waals surface area (Å²) >= 11 is 0. The highest BCUT2D eigenvalue weighted by molar-refractivity contribution is 5.97. The van der Waals surface area contributed by atoms with Crippen LogP contribution in [0.2, 0.25) is 0 Å². The molecule has 1 aromatic heterocycles. The molecule has 1 fully saturated rings. The number of likely N-dealkylation sites (tertiary alicyclic amines) is 1. The van der Waals surface area contributed by atoms with Gasteiger partial charge in [-0.05, 0) is 53.9 Å². The number of aromatic nitrogens is 1. The smallest absolute Gasteiger partial charge is 0.258 e. The quantitative estimate of drug-likeness (QED) is 0.364. The van der Waals surface area contributed by atoms with Gasteiger partial charge in [0.2, 0.25) is 5.91 Å². The van der Waals surface area contributed by atoms with Crippen LogP contribution in [0.25, 0.3) is 10.9 Å². The van der Waals surface area contributed by atoms with E-state index in [2.05, 4.69) is 15.6 Å². The first-order valence-electron chi connectivity index (χ1n) is 14.7. The molecule has 0 aliphatic carbocycles. The van der Waals surface area contributed by atoms with Gasteiger partial charge in [-0.2, -0.15) is 0 Å². The summed E-state index contributed by atoms with van der Waals surface area (Å²) in [6.07, 6.45) is 2.57. The number of piperidine rings is 1. The number of pyridine rings is 1. The van der Waals surface area contributed by atoms with Gasteiger partial charge < -0.3 is 29.7 Å². The van der Waals surface area contributed by atoms with Crippen molar-refractivity contribution < 1.29 is 28.6 Å². The Morgan fingerprint density at radius 2 is 1.80 bits per heavy atom. The minimum absolute atomic E-state index is 0.0562. The Hall–Kier alpha value is -5.12. The third kappa shape index (κ3) is 6.75. The predicted octanol–water partition coefficient (Wildman–Crippen LogP) is 3.66. The standard InChI is InChI=1S/C34H34N4O6/c1-42-31-16-22-8-12-30(31)43-21-33(40)37-28-20-38(34(41)25-17-24-4-2-3-5-27(24)35-19-25)15-14-29(28)44-26-10-6-23(7-11-26)18-36-32(39)13-9-22/h2-8,10-12,16-17,19,28-29H,9,13-15,18,20-21H2,1H3,(H,36,39)(H,37,40)/t28-,29-/m1/s1. The molecule has 4 bridgehead atoms. The van der Waals surface area contributed by atoms with Crippen LogP contribution >= 0.6 is 0 Å². The third-order valence-electron chi connectivity index (χ3n) is 7.95. The molecule has 0 radical (unpaired) electrons. The van der Waals surface area contributed by atoms with Crippen molar-refractivity contribution in [2.24, 2.45) is 0 Å². The van der Waals surface area contributed by atoms with E-state index in [1.165, 1.54) is 7.11 Å². The van der Waals surface area contributed by atoms with Gasteiger partial charge in [-0.3, -0.25) is 19.4 Å². The average Bonchev–Trinajstić information content (AvgIpc) is 3.06. The number of para-hydroxylation sites is 1. The van der Waals surface area contributed by atoms with Crippen LogP contribution in [0.4, 0.5) is 0 Å². The number of carbonyl (C=O) groups is 3. The number of benzene rings is 3. The third-order valence-corrected chi connectivity index (χ3v) is 7.95. The number of rotatable bonds is 2. The average molecular weight is 595 g/mol. The van der Waals surface area contributed by atoms with E-state index in [1.807, 2.05) is 66.7 Å². The van der Waals surface area contributed by atoms with Gasteiger partial charge >= 0.3 is 0 Å². The van der Waals surface area contributed by atoms with Crippen LogP contribution in [0.3, 0.4) is 0 Å². The van der Waals surface area contributed by atoms with Crippen LogP contribution in [0.1, 0.15) is 34.3 Å². The van der Waals surface area contributed by atoms with Gasteiger partial charge in [-0.25, -0.2) is 0 Å². The van der Waals surface area contributed by atoms with Gasteiger partial charge in [-0.1, -0.05) is 36.4 Å². The fourth-order valence-electron chi connectivity index (χ4n) is 5.55. The number of amides is 3. The number of aryl methyl sites for hydroxylation is 1. The molecule has 6 heterocycles. The SMILES string of the molecule is COc1cc2ccc1OCC(=O)N[C@@H]1CN(C(=O)c3cnc4ccccc4c3)CC[C@H]1Oc1ccc(cc1)CNC(=O)CC2. The van der Waals surface area contributed by atoms with Crippen molar-refractivity contribution in [1.82, 2.24) is 20.5 Å². The highest BCUT2D eigenvalue weighted by atomic mass is 16.5. The minimum Gasteiger partial charge on any atom is -0.493 e. The first-order chi connectivity index (χ1) is 21.4. The monoisotopic (exact) mass is 594 g/mol. The zero-order valence-corrected chi connectivity index (χ0v) is 24.5. The van der Waals surface area contributed by atoms with Gasteiger partial charge in [0.05, 0.1) is 24.2 Å². The molecule has 0 spiro atoms. The van der Waals surface area contributed by atoms with Crippen molar-refractivity contribution in [1.29, 1.82) is 0 Å². The van der Waals surface area contributed by atoms with E-state index in [0.29, 0.717) is 55.2 Å². The maximum absolute atomic E-state index is 13.6. The van der Waals surface area contributed by atoms with Crippen molar-refractivity contribution >= 4 is 28.6 Å². The molecule has 4 aromatic rings. The molecular formula is C34H34N4O6. The first-order valence-corrected chi connectivity index (χ1v) is 14.7. The van der Waals surface area contributed by atoms with Crippen LogP contribution < -0.4 is 24.8 Å². The van der Waals surface area contributed by atoms with Crippen LogP contribution in [-0.4, -0.2) is 66.6 Å². The predicted molar refractivity (Wildman–Crippen MR) is 164 cm³/mol. The van der Waals surface area contributed by atoms with Crippen molar-refractivity contribution in [3.05, 3.63) is 95.7 Å².